The summed E-state index contributed by atoms with van der Waals surface area (Å²) in [5, 5.41) is 0. The van der Waals surface area contributed by atoms with Crippen LogP contribution in [0.25, 0.3) is 10.2 Å². The standard InChI is InChI=1S/C8H7NS3/c1-4-2-3-5-6(7(4)10)9-8(11)12-5/h2-3,10H,1H3,(H,9,11). The number of nitrogens with one attached hydrogen (secondary N) is 1. The van der Waals surface area contributed by atoms with Crippen molar-refractivity contribution in [2.75, 3.05) is 0 Å². The van der Waals surface area contributed by atoms with Gasteiger partial charge in [-0.15, -0.1) is 24.0 Å². The minimum atomic E-state index is 0.811. The van der Waals surface area contributed by atoms with E-state index in [4.69, 9.17) is 12.2 Å². The fourth-order valence-electron chi connectivity index (χ4n) is 1.11. The van der Waals surface area contributed by atoms with Gasteiger partial charge in [0.2, 0.25) is 0 Å². The molecular formula is C8H7NS3. The number of H-pyrrole nitrogens is 1. The van der Waals surface area contributed by atoms with E-state index >= 15 is 0 Å². The summed E-state index contributed by atoms with van der Waals surface area (Å²) in [6.07, 6.45) is 0. The number of aromatic nitrogens is 1. The van der Waals surface area contributed by atoms with Crippen molar-refractivity contribution in [2.45, 2.75) is 11.8 Å². The van der Waals surface area contributed by atoms with Gasteiger partial charge in [-0.3, -0.25) is 0 Å². The molecule has 12 heavy (non-hydrogen) atoms. The number of thiol groups is 1. The molecule has 0 aliphatic rings. The molecule has 4 heteroatoms. The highest BCUT2D eigenvalue weighted by molar-refractivity contribution is 7.80. The SMILES string of the molecule is Cc1ccc2sc(=S)[nH]c2c1S. The average molecular weight is 213 g/mol. The molecule has 0 fully saturated rings. The summed E-state index contributed by atoms with van der Waals surface area (Å²) in [5.41, 5.74) is 2.24. The molecule has 0 saturated heterocycles. The number of aromatic amines is 1. The Labute approximate surface area is 84.9 Å². The summed E-state index contributed by atoms with van der Waals surface area (Å²) >= 11 is 11.0. The number of hydrogen-bond acceptors (Lipinski definition) is 3. The third-order valence-electron chi connectivity index (χ3n) is 1.77. The smallest absolute Gasteiger partial charge is 0.159 e. The zero-order chi connectivity index (χ0) is 8.72. The summed E-state index contributed by atoms with van der Waals surface area (Å²) < 4.78 is 1.99. The second-order valence-corrected chi connectivity index (χ2v) is 4.78. The normalized spacial score (nSPS) is 10.8. The van der Waals surface area contributed by atoms with Crippen molar-refractivity contribution in [1.29, 1.82) is 0 Å². The van der Waals surface area contributed by atoms with Crippen molar-refractivity contribution in [1.82, 2.24) is 4.98 Å². The maximum Gasteiger partial charge on any atom is 0.159 e. The minimum Gasteiger partial charge on any atom is -0.336 e. The summed E-state index contributed by atoms with van der Waals surface area (Å²) in [6.45, 7) is 2.04. The number of aryl methyl sites for hydroxylation is 1. The Morgan fingerprint density at radius 2 is 2.25 bits per heavy atom. The van der Waals surface area contributed by atoms with E-state index in [-0.39, 0.29) is 0 Å². The zero-order valence-electron chi connectivity index (χ0n) is 6.42. The number of thiazole rings is 1. The van der Waals surface area contributed by atoms with Crippen molar-refractivity contribution in [3.05, 3.63) is 21.7 Å². The molecule has 0 unspecified atom stereocenters. The number of hydrogen-bond donors (Lipinski definition) is 2. The van der Waals surface area contributed by atoms with Gasteiger partial charge in [-0.1, -0.05) is 6.07 Å². The molecule has 62 valence electrons. The first-order valence-electron chi connectivity index (χ1n) is 3.50. The van der Waals surface area contributed by atoms with E-state index < -0.39 is 0 Å². The van der Waals surface area contributed by atoms with Crippen LogP contribution in [-0.2, 0) is 0 Å². The van der Waals surface area contributed by atoms with E-state index in [0.717, 1.165) is 14.4 Å². The maximum atomic E-state index is 5.04. The molecule has 0 radical (unpaired) electrons. The van der Waals surface area contributed by atoms with Gasteiger partial charge in [0.1, 0.15) is 0 Å². The van der Waals surface area contributed by atoms with Gasteiger partial charge in [-0.05, 0) is 30.8 Å². The second-order valence-electron chi connectivity index (χ2n) is 2.62. The monoisotopic (exact) mass is 213 g/mol. The topological polar surface area (TPSA) is 15.8 Å². The summed E-state index contributed by atoms with van der Waals surface area (Å²) in [7, 11) is 0. The van der Waals surface area contributed by atoms with E-state index in [0.29, 0.717) is 0 Å². The van der Waals surface area contributed by atoms with E-state index in [2.05, 4.69) is 29.7 Å². The fraction of sp³-hybridized carbons (Fsp3) is 0.125. The van der Waals surface area contributed by atoms with Crippen LogP contribution in [0.3, 0.4) is 0 Å². The number of benzene rings is 1. The molecule has 0 aliphatic carbocycles. The molecule has 0 amide bonds. The van der Waals surface area contributed by atoms with E-state index in [1.165, 1.54) is 10.3 Å². The molecule has 1 aromatic carbocycles. The number of rotatable bonds is 0. The van der Waals surface area contributed by atoms with Gasteiger partial charge < -0.3 is 4.98 Å². The summed E-state index contributed by atoms with van der Waals surface area (Å²) in [5.74, 6) is 0. The molecule has 1 N–H and O–H groups in total. The van der Waals surface area contributed by atoms with Crippen LogP contribution in [0.1, 0.15) is 5.56 Å². The Hall–Kier alpha value is -0.320. The van der Waals surface area contributed by atoms with Crippen molar-refractivity contribution < 1.29 is 0 Å². The zero-order valence-corrected chi connectivity index (χ0v) is 8.95. The lowest BCUT2D eigenvalue weighted by molar-refractivity contribution is 1.31. The lowest BCUT2D eigenvalue weighted by Crippen LogP contribution is -1.77. The molecule has 0 atom stereocenters. The van der Waals surface area contributed by atoms with Crippen molar-refractivity contribution in [3.8, 4) is 0 Å². The molecule has 0 aliphatic heterocycles. The Balaban J connectivity index is 2.99. The predicted molar refractivity (Wildman–Crippen MR) is 59.0 cm³/mol. The van der Waals surface area contributed by atoms with Gasteiger partial charge in [-0.2, -0.15) is 0 Å². The largest absolute Gasteiger partial charge is 0.336 e. The van der Waals surface area contributed by atoms with Crippen LogP contribution in [0.15, 0.2) is 17.0 Å². The van der Waals surface area contributed by atoms with Crippen LogP contribution >= 0.6 is 36.2 Å². The molecule has 1 heterocycles. The van der Waals surface area contributed by atoms with Gasteiger partial charge in [0.15, 0.2) is 3.95 Å². The first-order valence-corrected chi connectivity index (χ1v) is 5.17. The van der Waals surface area contributed by atoms with Gasteiger partial charge in [0.05, 0.1) is 10.2 Å². The van der Waals surface area contributed by atoms with Crippen LogP contribution in [-0.4, -0.2) is 4.98 Å². The first kappa shape index (κ1) is 8.29. The molecule has 2 aromatic rings. The van der Waals surface area contributed by atoms with Gasteiger partial charge in [-0.25, -0.2) is 0 Å². The van der Waals surface area contributed by atoms with Crippen molar-refractivity contribution in [2.24, 2.45) is 0 Å². The Kier molecular flexibility index (Phi) is 1.98. The highest BCUT2D eigenvalue weighted by Gasteiger charge is 2.02. The van der Waals surface area contributed by atoms with E-state index in [1.54, 1.807) is 11.3 Å². The molecule has 1 nitrogen and oxygen atoms in total. The highest BCUT2D eigenvalue weighted by Crippen LogP contribution is 2.27. The number of fused-ring (bicyclic) bond motifs is 1. The highest BCUT2D eigenvalue weighted by atomic mass is 32.1. The van der Waals surface area contributed by atoms with Crippen molar-refractivity contribution >= 4 is 46.4 Å². The lowest BCUT2D eigenvalue weighted by Gasteiger charge is -1.97. The van der Waals surface area contributed by atoms with Crippen LogP contribution in [0.4, 0.5) is 0 Å². The fourth-order valence-corrected chi connectivity index (χ4v) is 2.55. The molecular weight excluding hydrogens is 206 g/mol. The average Bonchev–Trinajstić information content (AvgIpc) is 2.39. The Morgan fingerprint density at radius 1 is 1.50 bits per heavy atom. The van der Waals surface area contributed by atoms with Crippen molar-refractivity contribution in [3.63, 3.8) is 0 Å². The van der Waals surface area contributed by atoms with Crippen LogP contribution < -0.4 is 0 Å². The summed E-state index contributed by atoms with van der Waals surface area (Å²) in [4.78, 5) is 4.12. The van der Waals surface area contributed by atoms with E-state index in [1.807, 2.05) is 6.92 Å². The molecule has 0 spiro atoms. The first-order chi connectivity index (χ1) is 5.68. The molecule has 0 saturated carbocycles. The third kappa shape index (κ3) is 1.20. The molecule has 0 bridgehead atoms. The van der Waals surface area contributed by atoms with Crippen LogP contribution in [0.5, 0.6) is 0 Å². The summed E-state index contributed by atoms with van der Waals surface area (Å²) in [6, 6.07) is 4.13. The lowest BCUT2D eigenvalue weighted by atomic mass is 10.2. The van der Waals surface area contributed by atoms with Crippen LogP contribution in [0.2, 0.25) is 0 Å². The second kappa shape index (κ2) is 2.87. The Bertz CT molecular complexity index is 480. The third-order valence-corrected chi connectivity index (χ3v) is 3.55. The van der Waals surface area contributed by atoms with Crippen LogP contribution in [0, 0.1) is 10.9 Å². The maximum absolute atomic E-state index is 5.04. The Morgan fingerprint density at radius 3 is 3.00 bits per heavy atom. The molecule has 1 aromatic heterocycles. The van der Waals surface area contributed by atoms with Gasteiger partial charge >= 0.3 is 0 Å². The van der Waals surface area contributed by atoms with Gasteiger partial charge in [0.25, 0.3) is 0 Å². The quantitative estimate of drug-likeness (QED) is 0.505. The van der Waals surface area contributed by atoms with Gasteiger partial charge in [0, 0.05) is 4.90 Å². The minimum absolute atomic E-state index is 0.811. The molecule has 2 rings (SSSR count). The predicted octanol–water partition coefficient (Wildman–Crippen LogP) is 3.56. The van der Waals surface area contributed by atoms with E-state index in [9.17, 15) is 0 Å².